The summed E-state index contributed by atoms with van der Waals surface area (Å²) in [6, 6.07) is 11.9. The van der Waals surface area contributed by atoms with Gasteiger partial charge in [-0.1, -0.05) is 0 Å². The van der Waals surface area contributed by atoms with Gasteiger partial charge in [-0.25, -0.2) is 8.78 Å². The number of nitrogens with zero attached hydrogens (tertiary/aromatic N) is 3. The molecule has 2 aromatic rings. The molecule has 0 saturated carbocycles. The topological polar surface area (TPSA) is 39.1 Å². The maximum Gasteiger partial charge on any atom is 0.123 e. The fourth-order valence-corrected chi connectivity index (χ4v) is 4.61. The largest absolute Gasteiger partial charge is 0.411 e. The lowest BCUT2D eigenvalue weighted by molar-refractivity contribution is 0.194. The number of benzene rings is 2. The quantitative estimate of drug-likeness (QED) is 0.333. The van der Waals surface area contributed by atoms with Gasteiger partial charge in [0.25, 0.3) is 0 Å². The lowest BCUT2D eigenvalue weighted by Crippen LogP contribution is -2.45. The highest BCUT2D eigenvalue weighted by atomic mass is 19.1. The molecule has 0 radical (unpaired) electrons. The maximum absolute atomic E-state index is 14.0. The van der Waals surface area contributed by atoms with Gasteiger partial charge in [0.2, 0.25) is 0 Å². The number of oxime groups is 1. The third-order valence-electron chi connectivity index (χ3n) is 5.88. The van der Waals surface area contributed by atoms with E-state index in [9.17, 15) is 8.78 Å². The van der Waals surface area contributed by atoms with Gasteiger partial charge in [0, 0.05) is 42.6 Å². The Hall–Kier alpha value is -2.47. The first kappa shape index (κ1) is 18.9. The number of hydrogen-bond acceptors (Lipinski definition) is 4. The Kier molecular flexibility index (Phi) is 5.57. The third kappa shape index (κ3) is 3.74. The van der Waals surface area contributed by atoms with Crippen LogP contribution in [0.1, 0.15) is 37.2 Å². The molecule has 0 bridgehead atoms. The summed E-state index contributed by atoms with van der Waals surface area (Å²) < 4.78 is 27.4. The second-order valence-electron chi connectivity index (χ2n) is 7.61. The van der Waals surface area contributed by atoms with E-state index in [1.54, 1.807) is 18.2 Å². The van der Waals surface area contributed by atoms with Crippen LogP contribution in [-0.2, 0) is 0 Å². The molecule has 2 heterocycles. The molecule has 1 fully saturated rings. The molecule has 1 N–H and O–H groups in total. The van der Waals surface area contributed by atoms with E-state index in [-0.39, 0.29) is 23.6 Å². The Bertz CT molecular complexity index is 840. The number of likely N-dealkylation sites (tertiary alicyclic amines) is 1. The van der Waals surface area contributed by atoms with Crippen LogP contribution in [0.25, 0.3) is 0 Å². The number of fused-ring (bicyclic) bond motifs is 3. The van der Waals surface area contributed by atoms with Crippen LogP contribution in [0.2, 0.25) is 0 Å². The van der Waals surface area contributed by atoms with E-state index >= 15 is 0 Å². The zero-order chi connectivity index (χ0) is 19.5. The SMILES string of the molecule is ON=CCCCCN1CCC2C(C1)c1cc(F)ccc1N2c1ccc(F)cc1. The molecule has 0 aliphatic carbocycles. The lowest BCUT2D eigenvalue weighted by Gasteiger charge is -2.39. The van der Waals surface area contributed by atoms with Crippen LogP contribution in [0, 0.1) is 11.6 Å². The van der Waals surface area contributed by atoms with Crippen molar-refractivity contribution in [2.24, 2.45) is 5.16 Å². The van der Waals surface area contributed by atoms with Gasteiger partial charge in [-0.15, -0.1) is 5.16 Å². The number of hydrogen-bond donors (Lipinski definition) is 1. The highest BCUT2D eigenvalue weighted by Gasteiger charge is 2.42. The normalized spacial score (nSPS) is 21.9. The second-order valence-corrected chi connectivity index (χ2v) is 7.61. The van der Waals surface area contributed by atoms with Gasteiger partial charge in [0.05, 0.1) is 0 Å². The average Bonchev–Trinajstić information content (AvgIpc) is 3.01. The summed E-state index contributed by atoms with van der Waals surface area (Å²) in [5, 5.41) is 11.5. The predicted octanol–water partition coefficient (Wildman–Crippen LogP) is 4.90. The van der Waals surface area contributed by atoms with Gasteiger partial charge < -0.3 is 15.0 Å². The van der Waals surface area contributed by atoms with Gasteiger partial charge in [0.1, 0.15) is 11.6 Å². The molecule has 1 saturated heterocycles. The first-order chi connectivity index (χ1) is 13.7. The summed E-state index contributed by atoms with van der Waals surface area (Å²) in [6.45, 7) is 2.88. The molecule has 6 heteroatoms. The number of piperidine rings is 1. The fourth-order valence-electron chi connectivity index (χ4n) is 4.61. The monoisotopic (exact) mass is 385 g/mol. The van der Waals surface area contributed by atoms with Crippen LogP contribution < -0.4 is 4.90 Å². The summed E-state index contributed by atoms with van der Waals surface area (Å²) in [5.74, 6) is -0.220. The van der Waals surface area contributed by atoms with Crippen molar-refractivity contribution >= 4 is 17.6 Å². The molecule has 2 aliphatic heterocycles. The molecule has 2 aromatic carbocycles. The first-order valence-electron chi connectivity index (χ1n) is 9.90. The van der Waals surface area contributed by atoms with Crippen LogP contribution in [0.3, 0.4) is 0 Å². The Morgan fingerprint density at radius 3 is 2.64 bits per heavy atom. The lowest BCUT2D eigenvalue weighted by atomic mass is 9.89. The van der Waals surface area contributed by atoms with Crippen molar-refractivity contribution in [2.45, 2.75) is 37.6 Å². The van der Waals surface area contributed by atoms with Crippen molar-refractivity contribution in [2.75, 3.05) is 24.5 Å². The standard InChI is InChI=1S/C22H25F2N3O/c23-16-4-7-18(8-5-16)27-21-9-6-17(24)14-19(21)20-15-26(13-10-22(20)27)12-3-1-2-11-25-28/h4-9,11,14,20,22,28H,1-3,10,12-13,15H2. The number of rotatable bonds is 6. The minimum absolute atomic E-state index is 0.209. The zero-order valence-corrected chi connectivity index (χ0v) is 15.8. The van der Waals surface area contributed by atoms with Gasteiger partial charge in [-0.2, -0.15) is 0 Å². The molecule has 0 amide bonds. The molecule has 4 rings (SSSR count). The van der Waals surface area contributed by atoms with Gasteiger partial charge in [-0.3, -0.25) is 0 Å². The van der Waals surface area contributed by atoms with E-state index in [4.69, 9.17) is 5.21 Å². The number of anilines is 2. The van der Waals surface area contributed by atoms with E-state index in [0.29, 0.717) is 0 Å². The molecule has 28 heavy (non-hydrogen) atoms. The van der Waals surface area contributed by atoms with Crippen LogP contribution in [0.5, 0.6) is 0 Å². The number of unbranched alkanes of at least 4 members (excludes halogenated alkanes) is 2. The predicted molar refractivity (Wildman–Crippen MR) is 107 cm³/mol. The summed E-state index contributed by atoms with van der Waals surface area (Å²) in [5.41, 5.74) is 3.04. The van der Waals surface area contributed by atoms with Gasteiger partial charge in [-0.05, 0) is 80.3 Å². The Morgan fingerprint density at radius 2 is 1.86 bits per heavy atom. The van der Waals surface area contributed by atoms with Crippen molar-refractivity contribution in [3.63, 3.8) is 0 Å². The van der Waals surface area contributed by atoms with Crippen molar-refractivity contribution in [1.82, 2.24) is 4.90 Å². The molecule has 0 spiro atoms. The molecule has 0 aromatic heterocycles. The average molecular weight is 385 g/mol. The highest BCUT2D eigenvalue weighted by Crippen LogP contribution is 2.48. The van der Waals surface area contributed by atoms with E-state index < -0.39 is 0 Å². The summed E-state index contributed by atoms with van der Waals surface area (Å²) >= 11 is 0. The molecule has 4 nitrogen and oxygen atoms in total. The molecule has 2 unspecified atom stereocenters. The van der Waals surface area contributed by atoms with Crippen molar-refractivity contribution in [3.05, 3.63) is 59.7 Å². The first-order valence-corrected chi connectivity index (χ1v) is 9.90. The van der Waals surface area contributed by atoms with E-state index in [1.165, 1.54) is 24.4 Å². The fraction of sp³-hybridized carbons (Fsp3) is 0.409. The summed E-state index contributed by atoms with van der Waals surface area (Å²) in [4.78, 5) is 4.70. The van der Waals surface area contributed by atoms with E-state index in [2.05, 4.69) is 15.0 Å². The van der Waals surface area contributed by atoms with Crippen molar-refractivity contribution < 1.29 is 14.0 Å². The smallest absolute Gasteiger partial charge is 0.123 e. The third-order valence-corrected chi connectivity index (χ3v) is 5.88. The van der Waals surface area contributed by atoms with Crippen molar-refractivity contribution in [3.8, 4) is 0 Å². The molecular weight excluding hydrogens is 360 g/mol. The minimum Gasteiger partial charge on any atom is -0.411 e. The van der Waals surface area contributed by atoms with Crippen LogP contribution >= 0.6 is 0 Å². The maximum atomic E-state index is 14.0. The molecular formula is C22H25F2N3O. The van der Waals surface area contributed by atoms with Gasteiger partial charge >= 0.3 is 0 Å². The van der Waals surface area contributed by atoms with Crippen LogP contribution in [0.4, 0.5) is 20.2 Å². The van der Waals surface area contributed by atoms with Crippen LogP contribution in [0.15, 0.2) is 47.6 Å². The Morgan fingerprint density at radius 1 is 1.07 bits per heavy atom. The van der Waals surface area contributed by atoms with E-state index in [1.807, 2.05) is 6.07 Å². The summed E-state index contributed by atoms with van der Waals surface area (Å²) in [7, 11) is 0. The molecule has 148 valence electrons. The Labute approximate surface area is 164 Å². The molecule has 2 atom stereocenters. The minimum atomic E-state index is -0.250. The van der Waals surface area contributed by atoms with E-state index in [0.717, 1.165) is 62.3 Å². The highest BCUT2D eigenvalue weighted by molar-refractivity contribution is 5.73. The van der Waals surface area contributed by atoms with Crippen LogP contribution in [-0.4, -0.2) is 42.0 Å². The van der Waals surface area contributed by atoms with Crippen molar-refractivity contribution in [1.29, 1.82) is 0 Å². The second kappa shape index (κ2) is 8.27. The Balaban J connectivity index is 1.54. The van der Waals surface area contributed by atoms with Gasteiger partial charge in [0.15, 0.2) is 0 Å². The number of halogens is 2. The summed E-state index contributed by atoms with van der Waals surface area (Å²) in [6.07, 6.45) is 5.32. The zero-order valence-electron chi connectivity index (χ0n) is 15.8. The molecule has 2 aliphatic rings.